The van der Waals surface area contributed by atoms with Crippen LogP contribution < -0.4 is 9.46 Å². The quantitative estimate of drug-likeness (QED) is 0.264. The smallest absolute Gasteiger partial charge is 0.232 e. The van der Waals surface area contributed by atoms with Crippen LogP contribution in [0.1, 0.15) is 58.6 Å². The van der Waals surface area contributed by atoms with Gasteiger partial charge in [-0.25, -0.2) is 8.93 Å². The molecule has 1 aromatic carbocycles. The summed E-state index contributed by atoms with van der Waals surface area (Å²) >= 11 is -2.29. The van der Waals surface area contributed by atoms with Crippen molar-refractivity contribution in [3.05, 3.63) is 40.3 Å². The Morgan fingerprint density at radius 3 is 2.62 bits per heavy atom. The van der Waals surface area contributed by atoms with Crippen molar-refractivity contribution in [3.8, 4) is 5.75 Å². The Balaban J connectivity index is 2.24. The van der Waals surface area contributed by atoms with Gasteiger partial charge in [-0.3, -0.25) is 4.55 Å². The molecule has 0 aromatic heterocycles. The summed E-state index contributed by atoms with van der Waals surface area (Å²) < 4.78 is 41.3. The number of nitrogens with one attached hydrogen (secondary N) is 1. The van der Waals surface area contributed by atoms with Gasteiger partial charge in [0.1, 0.15) is 11.4 Å². The van der Waals surface area contributed by atoms with E-state index in [1.54, 1.807) is 24.3 Å². The SMILES string of the molecule is CC1CCCC(OC(CN=[N+]=[N-])[C@@H](NS(=O)O)c2ccc(OC(C)(C)C)cc2)O1. The van der Waals surface area contributed by atoms with Crippen LogP contribution in [0.2, 0.25) is 0 Å². The number of azide groups is 1. The molecule has 0 amide bonds. The molecule has 0 aliphatic carbocycles. The van der Waals surface area contributed by atoms with E-state index in [1.807, 2.05) is 27.7 Å². The lowest BCUT2D eigenvalue weighted by molar-refractivity contribution is -0.213. The first-order valence-electron chi connectivity index (χ1n) is 9.65. The van der Waals surface area contributed by atoms with Crippen LogP contribution in [0.15, 0.2) is 29.4 Å². The molecule has 0 radical (unpaired) electrons. The van der Waals surface area contributed by atoms with Crippen molar-refractivity contribution < 1.29 is 23.0 Å². The molecule has 0 saturated carbocycles. The van der Waals surface area contributed by atoms with Crippen molar-refractivity contribution in [2.45, 2.75) is 77.1 Å². The minimum Gasteiger partial charge on any atom is -0.488 e. The van der Waals surface area contributed by atoms with Gasteiger partial charge in [0, 0.05) is 4.91 Å². The maximum absolute atomic E-state index is 11.5. The summed E-state index contributed by atoms with van der Waals surface area (Å²) in [5.41, 5.74) is 9.13. The van der Waals surface area contributed by atoms with Crippen LogP contribution in [0.5, 0.6) is 5.75 Å². The Hall–Kier alpha value is -1.68. The maximum Gasteiger partial charge on any atom is 0.232 e. The Morgan fingerprint density at radius 1 is 1.38 bits per heavy atom. The number of hydrogen-bond donors (Lipinski definition) is 2. The normalized spacial score (nSPS) is 22.9. The van der Waals surface area contributed by atoms with Crippen molar-refractivity contribution in [1.82, 2.24) is 4.72 Å². The van der Waals surface area contributed by atoms with E-state index in [9.17, 15) is 8.76 Å². The number of hydrogen-bond acceptors (Lipinski definition) is 5. The molecule has 1 aliphatic rings. The summed E-state index contributed by atoms with van der Waals surface area (Å²) in [7, 11) is 0. The fraction of sp³-hybridized carbons (Fsp3) is 0.684. The molecule has 1 fully saturated rings. The summed E-state index contributed by atoms with van der Waals surface area (Å²) in [6.07, 6.45) is 1.55. The van der Waals surface area contributed by atoms with E-state index in [-0.39, 0.29) is 18.2 Å². The van der Waals surface area contributed by atoms with Crippen LogP contribution in [0.3, 0.4) is 0 Å². The van der Waals surface area contributed by atoms with Gasteiger partial charge in [-0.2, -0.15) is 0 Å². The minimum atomic E-state index is -2.29. The first-order chi connectivity index (χ1) is 13.7. The summed E-state index contributed by atoms with van der Waals surface area (Å²) in [5.74, 6) is 0.682. The van der Waals surface area contributed by atoms with Gasteiger partial charge in [0.2, 0.25) is 11.3 Å². The van der Waals surface area contributed by atoms with Crippen molar-refractivity contribution >= 4 is 11.3 Å². The van der Waals surface area contributed by atoms with E-state index < -0.39 is 29.7 Å². The van der Waals surface area contributed by atoms with E-state index in [1.165, 1.54) is 0 Å². The minimum absolute atomic E-state index is 0.0140. The summed E-state index contributed by atoms with van der Waals surface area (Å²) in [4.78, 5) is 2.81. The third kappa shape index (κ3) is 8.30. The van der Waals surface area contributed by atoms with Crippen LogP contribution in [0.4, 0.5) is 0 Å². The van der Waals surface area contributed by atoms with E-state index >= 15 is 0 Å². The maximum atomic E-state index is 11.5. The molecule has 5 atom stereocenters. The summed E-state index contributed by atoms with van der Waals surface area (Å²) in [6.45, 7) is 7.82. The van der Waals surface area contributed by atoms with Gasteiger partial charge in [-0.05, 0) is 70.2 Å². The Labute approximate surface area is 174 Å². The summed E-state index contributed by atoms with van der Waals surface area (Å²) in [6, 6.07) is 6.49. The molecule has 4 unspecified atom stereocenters. The number of nitrogens with zero attached hydrogens (tertiary/aromatic N) is 3. The Morgan fingerprint density at radius 2 is 2.07 bits per heavy atom. The van der Waals surface area contributed by atoms with Gasteiger partial charge in [-0.1, -0.05) is 17.2 Å². The van der Waals surface area contributed by atoms with E-state index in [4.69, 9.17) is 19.7 Å². The highest BCUT2D eigenvalue weighted by molar-refractivity contribution is 7.77. The molecule has 1 saturated heterocycles. The molecule has 10 heteroatoms. The Kier molecular flexibility index (Phi) is 8.88. The molecule has 29 heavy (non-hydrogen) atoms. The number of benzene rings is 1. The van der Waals surface area contributed by atoms with Crippen LogP contribution in [0, 0.1) is 0 Å². The van der Waals surface area contributed by atoms with E-state index in [0.717, 1.165) is 12.8 Å². The second-order valence-electron chi connectivity index (χ2n) is 8.02. The zero-order chi connectivity index (χ0) is 21.4. The third-order valence-electron chi connectivity index (χ3n) is 4.35. The van der Waals surface area contributed by atoms with Gasteiger partial charge in [-0.15, -0.1) is 0 Å². The van der Waals surface area contributed by atoms with Crippen molar-refractivity contribution in [2.75, 3.05) is 6.54 Å². The molecule has 0 spiro atoms. The van der Waals surface area contributed by atoms with Crippen LogP contribution in [-0.4, -0.2) is 39.4 Å². The monoisotopic (exact) mass is 426 g/mol. The first kappa shape index (κ1) is 23.6. The highest BCUT2D eigenvalue weighted by Crippen LogP contribution is 2.28. The first-order valence-corrected chi connectivity index (χ1v) is 10.8. The number of rotatable bonds is 9. The largest absolute Gasteiger partial charge is 0.488 e. The van der Waals surface area contributed by atoms with Crippen molar-refractivity contribution in [1.29, 1.82) is 0 Å². The van der Waals surface area contributed by atoms with Crippen molar-refractivity contribution in [3.63, 3.8) is 0 Å². The second kappa shape index (κ2) is 10.9. The molecule has 1 aliphatic heterocycles. The highest BCUT2D eigenvalue weighted by Gasteiger charge is 2.30. The van der Waals surface area contributed by atoms with Crippen LogP contribution in [0.25, 0.3) is 10.4 Å². The fourth-order valence-electron chi connectivity index (χ4n) is 3.17. The zero-order valence-electron chi connectivity index (χ0n) is 17.3. The molecular weight excluding hydrogens is 396 g/mol. The van der Waals surface area contributed by atoms with E-state index in [2.05, 4.69) is 14.7 Å². The lowest BCUT2D eigenvalue weighted by atomic mass is 10.0. The second-order valence-corrected chi connectivity index (χ2v) is 8.76. The Bertz CT molecular complexity index is 718. The third-order valence-corrected chi connectivity index (χ3v) is 4.80. The lowest BCUT2D eigenvalue weighted by Gasteiger charge is -2.34. The highest BCUT2D eigenvalue weighted by atomic mass is 32.2. The molecule has 1 heterocycles. The predicted octanol–water partition coefficient (Wildman–Crippen LogP) is 4.24. The molecule has 1 aromatic rings. The molecular formula is C19H30N4O5S. The fourth-order valence-corrected chi connectivity index (χ4v) is 3.68. The van der Waals surface area contributed by atoms with Crippen LogP contribution in [-0.2, 0) is 20.7 Å². The number of ether oxygens (including phenoxy) is 3. The van der Waals surface area contributed by atoms with Gasteiger partial charge in [0.25, 0.3) is 0 Å². The topological polar surface area (TPSA) is 126 Å². The van der Waals surface area contributed by atoms with Crippen molar-refractivity contribution in [2.24, 2.45) is 5.11 Å². The predicted molar refractivity (Wildman–Crippen MR) is 111 cm³/mol. The van der Waals surface area contributed by atoms with Crippen LogP contribution >= 0.6 is 0 Å². The molecule has 0 bridgehead atoms. The van der Waals surface area contributed by atoms with E-state index in [0.29, 0.717) is 17.7 Å². The van der Waals surface area contributed by atoms with Gasteiger partial charge < -0.3 is 14.2 Å². The van der Waals surface area contributed by atoms with Gasteiger partial charge in [0.05, 0.1) is 24.8 Å². The molecule has 2 N–H and O–H groups in total. The average molecular weight is 427 g/mol. The molecule has 162 valence electrons. The summed E-state index contributed by atoms with van der Waals surface area (Å²) in [5, 5.41) is 3.63. The van der Waals surface area contributed by atoms with Gasteiger partial charge in [0.15, 0.2) is 6.29 Å². The lowest BCUT2D eigenvalue weighted by Crippen LogP contribution is -2.41. The standard InChI is InChI=1S/C19H30N4O5S/c1-13-6-5-7-17(26-13)27-16(12-21-23-20)18(22-29(24)25)14-8-10-15(11-9-14)28-19(2,3)4/h8-11,13,16-18,22H,5-7,12H2,1-4H3,(H,24,25)/t13?,16?,17?,18-/m0/s1. The molecule has 2 rings (SSSR count). The van der Waals surface area contributed by atoms with Gasteiger partial charge >= 0.3 is 0 Å². The zero-order valence-corrected chi connectivity index (χ0v) is 18.1. The molecule has 9 nitrogen and oxygen atoms in total. The average Bonchev–Trinajstić information content (AvgIpc) is 2.63.